The molecule has 0 aliphatic rings. The molecule has 232 valence electrons. The van der Waals surface area contributed by atoms with Crippen molar-refractivity contribution in [3.63, 3.8) is 0 Å². The first-order valence-corrected chi connectivity index (χ1v) is 14.9. The van der Waals surface area contributed by atoms with E-state index in [1.807, 2.05) is 19.2 Å². The first-order valence-electron chi connectivity index (χ1n) is 14.9. The van der Waals surface area contributed by atoms with Crippen molar-refractivity contribution in [2.75, 3.05) is 17.7 Å². The molecule has 0 saturated heterocycles. The minimum absolute atomic E-state index is 0.00840. The van der Waals surface area contributed by atoms with Crippen LogP contribution >= 0.6 is 0 Å². The molecule has 0 bridgehead atoms. The Kier molecular flexibility index (Phi) is 16.5. The smallest absolute Gasteiger partial charge is 0.270 e. The summed E-state index contributed by atoms with van der Waals surface area (Å²) in [5, 5.41) is 6.00. The summed E-state index contributed by atoms with van der Waals surface area (Å²) in [5.74, 6) is -2.38. The number of rotatable bonds is 17. The number of carbonyl (C=O) groups excluding carboxylic acids is 3. The van der Waals surface area contributed by atoms with Crippen molar-refractivity contribution < 1.29 is 23.2 Å². The number of nitrogens with zero attached hydrogens (tertiary/aromatic N) is 1. The van der Waals surface area contributed by atoms with Crippen molar-refractivity contribution in [1.82, 2.24) is 0 Å². The molecule has 0 heterocycles. The first kappa shape index (κ1) is 36.6. The summed E-state index contributed by atoms with van der Waals surface area (Å²) in [4.78, 5) is 39.2. The molecule has 1 amide bonds. The monoisotopic (exact) mass is 585 g/mol. The third-order valence-electron chi connectivity index (χ3n) is 7.15. The normalized spacial score (nSPS) is 11.7. The Labute approximate surface area is 250 Å². The van der Waals surface area contributed by atoms with Crippen LogP contribution in [0.15, 0.2) is 47.5 Å². The van der Waals surface area contributed by atoms with Crippen molar-refractivity contribution in [3.8, 4) is 0 Å². The molecule has 0 radical (unpaired) electrons. The third kappa shape index (κ3) is 14.0. The lowest BCUT2D eigenvalue weighted by molar-refractivity contribution is -0.125. The average molecular weight is 586 g/mol. The van der Waals surface area contributed by atoms with Crippen molar-refractivity contribution in [2.24, 2.45) is 16.8 Å². The van der Waals surface area contributed by atoms with Gasteiger partial charge < -0.3 is 20.2 Å². The lowest BCUT2D eigenvalue weighted by Gasteiger charge is -2.20. The molecule has 0 saturated carbocycles. The Bertz CT molecular complexity index is 1140. The molecular formula is C34H49F2N3O3. The maximum Gasteiger partial charge on any atom is 0.270 e. The second kappa shape index (κ2) is 18.9. The van der Waals surface area contributed by atoms with Crippen molar-refractivity contribution in [2.45, 2.75) is 98.3 Å². The van der Waals surface area contributed by atoms with Gasteiger partial charge in [0, 0.05) is 44.0 Å². The number of anilines is 2. The number of hydrogen-bond donors (Lipinski definition) is 2. The summed E-state index contributed by atoms with van der Waals surface area (Å²) in [5.41, 5.74) is 3.13. The van der Waals surface area contributed by atoms with Gasteiger partial charge in [-0.3, -0.25) is 9.79 Å². The lowest BCUT2D eigenvalue weighted by Crippen LogP contribution is -2.25. The van der Waals surface area contributed by atoms with Crippen LogP contribution in [0.2, 0.25) is 0 Å². The fraction of sp³-hybridized carbons (Fsp3) is 0.529. The minimum Gasteiger partial charge on any atom is -0.386 e. The zero-order valence-corrected chi connectivity index (χ0v) is 26.2. The van der Waals surface area contributed by atoms with Gasteiger partial charge in [-0.1, -0.05) is 63.8 Å². The summed E-state index contributed by atoms with van der Waals surface area (Å²) in [6.45, 7) is 11.9. The molecule has 2 aromatic rings. The van der Waals surface area contributed by atoms with Gasteiger partial charge in [-0.05, 0) is 69.5 Å². The van der Waals surface area contributed by atoms with E-state index in [2.05, 4.69) is 36.2 Å². The number of aliphatic imine (C=N–C) groups is 1. The highest BCUT2D eigenvalue weighted by Crippen LogP contribution is 2.29. The van der Waals surface area contributed by atoms with Gasteiger partial charge in [-0.15, -0.1) is 0 Å². The second-order valence-electron chi connectivity index (χ2n) is 11.0. The molecule has 0 aromatic heterocycles. The van der Waals surface area contributed by atoms with Crippen molar-refractivity contribution >= 4 is 41.3 Å². The number of aryl methyl sites for hydroxylation is 1. The fourth-order valence-electron chi connectivity index (χ4n) is 4.84. The van der Waals surface area contributed by atoms with E-state index in [9.17, 15) is 23.2 Å². The van der Waals surface area contributed by atoms with E-state index < -0.39 is 5.92 Å². The van der Waals surface area contributed by atoms with Crippen LogP contribution in [0, 0.1) is 11.8 Å². The standard InChI is InChI=1S/C22H35N3O2.C12H14F2O/c1-6-8-17(9-7-2)10-11-18(14-16(3)26)22(27)25-19-12-13-20(23-4)21(15-19)24-5;1-9(15)3-4-10-5-7-11(8-6-10)12(2,13)14/h12-13,15,17-18,23H,5-11,14H2,1-4H3,(H,25,27);5-8H,3-4H2,1-2H3. The van der Waals surface area contributed by atoms with E-state index in [0.717, 1.165) is 43.9 Å². The number of amides is 1. The summed E-state index contributed by atoms with van der Waals surface area (Å²) in [6.07, 6.45) is 7.78. The van der Waals surface area contributed by atoms with Crippen LogP contribution in [0.25, 0.3) is 0 Å². The second-order valence-corrected chi connectivity index (χ2v) is 11.0. The zero-order chi connectivity index (χ0) is 31.7. The summed E-state index contributed by atoms with van der Waals surface area (Å²) in [6, 6.07) is 11.6. The van der Waals surface area contributed by atoms with Crippen LogP contribution in [-0.2, 0) is 26.7 Å². The van der Waals surface area contributed by atoms with E-state index in [1.165, 1.54) is 31.9 Å². The molecule has 6 nitrogen and oxygen atoms in total. The molecule has 0 spiro atoms. The van der Waals surface area contributed by atoms with Crippen molar-refractivity contribution in [1.29, 1.82) is 0 Å². The van der Waals surface area contributed by atoms with E-state index in [4.69, 9.17) is 0 Å². The van der Waals surface area contributed by atoms with Gasteiger partial charge in [-0.2, -0.15) is 0 Å². The number of alkyl halides is 2. The van der Waals surface area contributed by atoms with Crippen LogP contribution in [0.4, 0.5) is 25.8 Å². The molecule has 1 unspecified atom stereocenters. The van der Waals surface area contributed by atoms with Gasteiger partial charge in [-0.25, -0.2) is 8.78 Å². The highest BCUT2D eigenvalue weighted by molar-refractivity contribution is 5.96. The third-order valence-corrected chi connectivity index (χ3v) is 7.15. The fourth-order valence-corrected chi connectivity index (χ4v) is 4.84. The summed E-state index contributed by atoms with van der Waals surface area (Å²) in [7, 11) is 1.81. The molecule has 1 atom stereocenters. The average Bonchev–Trinajstić information content (AvgIpc) is 2.94. The summed E-state index contributed by atoms with van der Waals surface area (Å²) < 4.78 is 25.7. The zero-order valence-electron chi connectivity index (χ0n) is 26.2. The van der Waals surface area contributed by atoms with E-state index in [1.54, 1.807) is 25.1 Å². The Balaban J connectivity index is 0.000000495. The Morgan fingerprint density at radius 2 is 1.55 bits per heavy atom. The topological polar surface area (TPSA) is 87.6 Å². The van der Waals surface area contributed by atoms with E-state index in [-0.39, 0.29) is 35.4 Å². The predicted octanol–water partition coefficient (Wildman–Crippen LogP) is 8.91. The van der Waals surface area contributed by atoms with Gasteiger partial charge in [0.25, 0.3) is 5.92 Å². The number of carbonyl (C=O) groups is 3. The number of hydrogen-bond acceptors (Lipinski definition) is 5. The van der Waals surface area contributed by atoms with E-state index >= 15 is 0 Å². The number of halogens is 2. The largest absolute Gasteiger partial charge is 0.386 e. The number of Topliss-reactive ketones (excluding diaryl/α,β-unsaturated/α-hetero) is 2. The molecule has 2 aromatic carbocycles. The maximum atomic E-state index is 12.8. The lowest BCUT2D eigenvalue weighted by atomic mass is 9.87. The summed E-state index contributed by atoms with van der Waals surface area (Å²) >= 11 is 0. The first-order chi connectivity index (χ1) is 19.8. The molecule has 2 rings (SSSR count). The molecular weight excluding hydrogens is 536 g/mol. The quantitative estimate of drug-likeness (QED) is 0.181. The Hall–Kier alpha value is -3.42. The molecule has 0 aliphatic heterocycles. The van der Waals surface area contributed by atoms with Crippen LogP contribution < -0.4 is 10.6 Å². The van der Waals surface area contributed by atoms with Gasteiger partial charge >= 0.3 is 0 Å². The highest BCUT2D eigenvalue weighted by atomic mass is 19.3. The van der Waals surface area contributed by atoms with Gasteiger partial charge in [0.1, 0.15) is 11.6 Å². The highest BCUT2D eigenvalue weighted by Gasteiger charge is 2.24. The number of ketones is 2. The van der Waals surface area contributed by atoms with Gasteiger partial charge in [0.15, 0.2) is 0 Å². The van der Waals surface area contributed by atoms with Gasteiger partial charge in [0.2, 0.25) is 5.91 Å². The van der Waals surface area contributed by atoms with Crippen LogP contribution in [-0.4, -0.2) is 31.2 Å². The maximum absolute atomic E-state index is 12.8. The number of nitrogens with one attached hydrogen (secondary N) is 2. The van der Waals surface area contributed by atoms with Crippen LogP contribution in [0.1, 0.15) is 97.1 Å². The SMILES string of the molecule is C=Nc1cc(NC(=O)C(CCC(CCC)CCC)CC(C)=O)ccc1NC.CC(=O)CCc1ccc(C(C)(F)F)cc1. The molecule has 0 aliphatic carbocycles. The van der Waals surface area contributed by atoms with Crippen LogP contribution in [0.3, 0.4) is 0 Å². The van der Waals surface area contributed by atoms with E-state index in [0.29, 0.717) is 30.1 Å². The minimum atomic E-state index is -2.79. The molecule has 2 N–H and O–H groups in total. The molecule has 8 heteroatoms. The molecule has 0 fully saturated rings. The van der Waals surface area contributed by atoms with Gasteiger partial charge in [0.05, 0.1) is 11.4 Å². The Morgan fingerprint density at radius 3 is 2.02 bits per heavy atom. The predicted molar refractivity (Wildman–Crippen MR) is 170 cm³/mol. The van der Waals surface area contributed by atoms with Crippen molar-refractivity contribution in [3.05, 3.63) is 53.6 Å². The van der Waals surface area contributed by atoms with Crippen LogP contribution in [0.5, 0.6) is 0 Å². The molecule has 42 heavy (non-hydrogen) atoms. The number of benzene rings is 2. The Morgan fingerprint density at radius 1 is 0.929 bits per heavy atom.